The van der Waals surface area contributed by atoms with Crippen molar-refractivity contribution in [3.8, 4) is 5.75 Å². The van der Waals surface area contributed by atoms with Gasteiger partial charge in [0.05, 0.1) is 7.11 Å². The van der Waals surface area contributed by atoms with Crippen molar-refractivity contribution in [1.82, 2.24) is 0 Å². The Balaban J connectivity index is 3.12. The lowest BCUT2D eigenvalue weighted by Gasteiger charge is -2.32. The molecule has 1 aromatic rings. The van der Waals surface area contributed by atoms with Crippen molar-refractivity contribution >= 4 is 5.69 Å². The van der Waals surface area contributed by atoms with Crippen molar-refractivity contribution < 1.29 is 4.74 Å². The summed E-state index contributed by atoms with van der Waals surface area (Å²) < 4.78 is 5.50. The molecule has 0 aliphatic carbocycles. The summed E-state index contributed by atoms with van der Waals surface area (Å²) in [7, 11) is 1.71. The Labute approximate surface area is 124 Å². The highest BCUT2D eigenvalue weighted by molar-refractivity contribution is 5.61. The SMILES string of the molecule is CCCCCN(c1cccc(OC)c1[C@H](C)N)C(C)C. The van der Waals surface area contributed by atoms with Gasteiger partial charge in [-0.25, -0.2) is 0 Å². The fourth-order valence-electron chi connectivity index (χ4n) is 2.61. The van der Waals surface area contributed by atoms with Gasteiger partial charge in [0.25, 0.3) is 0 Å². The van der Waals surface area contributed by atoms with E-state index >= 15 is 0 Å². The second kappa shape index (κ2) is 8.15. The normalized spacial score (nSPS) is 12.6. The van der Waals surface area contributed by atoms with Gasteiger partial charge in [-0.3, -0.25) is 0 Å². The quantitative estimate of drug-likeness (QED) is 0.727. The molecule has 1 rings (SSSR count). The molecule has 0 radical (unpaired) electrons. The number of unbranched alkanes of at least 4 members (excludes halogenated alkanes) is 2. The standard InChI is InChI=1S/C17H30N2O/c1-6-7-8-12-19(13(2)3)15-10-9-11-16(20-5)17(15)14(4)18/h9-11,13-14H,6-8,12,18H2,1-5H3/t14-/m0/s1. The lowest BCUT2D eigenvalue weighted by atomic mass is 10.0. The molecule has 0 amide bonds. The predicted molar refractivity (Wildman–Crippen MR) is 87.6 cm³/mol. The Bertz CT molecular complexity index is 402. The molecule has 3 heteroatoms. The van der Waals surface area contributed by atoms with Gasteiger partial charge in [-0.05, 0) is 39.3 Å². The highest BCUT2D eigenvalue weighted by Crippen LogP contribution is 2.34. The molecule has 0 aliphatic heterocycles. The third kappa shape index (κ3) is 4.14. The Morgan fingerprint density at radius 3 is 2.40 bits per heavy atom. The van der Waals surface area contributed by atoms with Gasteiger partial charge in [0.15, 0.2) is 0 Å². The lowest BCUT2D eigenvalue weighted by Crippen LogP contribution is -2.33. The van der Waals surface area contributed by atoms with Crippen LogP contribution in [0, 0.1) is 0 Å². The maximum Gasteiger partial charge on any atom is 0.125 e. The summed E-state index contributed by atoms with van der Waals surface area (Å²) in [6, 6.07) is 6.62. The number of nitrogens with zero attached hydrogens (tertiary/aromatic N) is 1. The van der Waals surface area contributed by atoms with Gasteiger partial charge in [0.1, 0.15) is 5.75 Å². The summed E-state index contributed by atoms with van der Waals surface area (Å²) in [6.45, 7) is 9.79. The molecule has 0 saturated heterocycles. The maximum absolute atomic E-state index is 6.18. The number of benzene rings is 1. The molecule has 0 heterocycles. The maximum atomic E-state index is 6.18. The molecule has 0 unspecified atom stereocenters. The molecule has 0 aromatic heterocycles. The lowest BCUT2D eigenvalue weighted by molar-refractivity contribution is 0.406. The van der Waals surface area contributed by atoms with Gasteiger partial charge in [0.2, 0.25) is 0 Å². The van der Waals surface area contributed by atoms with Crippen molar-refractivity contribution in [3.63, 3.8) is 0 Å². The van der Waals surface area contributed by atoms with Gasteiger partial charge in [-0.2, -0.15) is 0 Å². The van der Waals surface area contributed by atoms with Crippen LogP contribution >= 0.6 is 0 Å². The van der Waals surface area contributed by atoms with E-state index in [0.717, 1.165) is 17.9 Å². The van der Waals surface area contributed by atoms with Crippen LogP contribution in [0.1, 0.15) is 58.6 Å². The zero-order chi connectivity index (χ0) is 15.1. The van der Waals surface area contributed by atoms with Crippen molar-refractivity contribution in [2.24, 2.45) is 5.73 Å². The van der Waals surface area contributed by atoms with Gasteiger partial charge >= 0.3 is 0 Å². The fourth-order valence-corrected chi connectivity index (χ4v) is 2.61. The molecule has 1 aromatic carbocycles. The Kier molecular flexibility index (Phi) is 6.86. The van der Waals surface area contributed by atoms with Crippen LogP contribution < -0.4 is 15.4 Å². The summed E-state index contributed by atoms with van der Waals surface area (Å²) in [5.74, 6) is 0.888. The van der Waals surface area contributed by atoms with Crippen LogP contribution in [0.2, 0.25) is 0 Å². The summed E-state index contributed by atoms with van der Waals surface area (Å²) in [4.78, 5) is 2.44. The second-order valence-electron chi connectivity index (χ2n) is 5.68. The van der Waals surface area contributed by atoms with Crippen LogP contribution in [-0.2, 0) is 0 Å². The van der Waals surface area contributed by atoms with Crippen LogP contribution in [0.3, 0.4) is 0 Å². The molecule has 3 nitrogen and oxygen atoms in total. The number of anilines is 1. The van der Waals surface area contributed by atoms with E-state index < -0.39 is 0 Å². The molecule has 0 aliphatic rings. The third-order valence-electron chi connectivity index (χ3n) is 3.65. The van der Waals surface area contributed by atoms with Gasteiger partial charge < -0.3 is 15.4 Å². The van der Waals surface area contributed by atoms with Gasteiger partial charge in [0, 0.05) is 29.9 Å². The van der Waals surface area contributed by atoms with Gasteiger partial charge in [-0.15, -0.1) is 0 Å². The molecule has 0 bridgehead atoms. The minimum Gasteiger partial charge on any atom is -0.496 e. The third-order valence-corrected chi connectivity index (χ3v) is 3.65. The Morgan fingerprint density at radius 1 is 1.20 bits per heavy atom. The monoisotopic (exact) mass is 278 g/mol. The van der Waals surface area contributed by atoms with Crippen molar-refractivity contribution in [2.45, 2.75) is 59.0 Å². The zero-order valence-corrected chi connectivity index (χ0v) is 13.6. The second-order valence-corrected chi connectivity index (χ2v) is 5.68. The average Bonchev–Trinajstić information content (AvgIpc) is 2.42. The molecule has 114 valence electrons. The van der Waals surface area contributed by atoms with Crippen molar-refractivity contribution in [3.05, 3.63) is 23.8 Å². The van der Waals surface area contributed by atoms with E-state index in [2.05, 4.69) is 37.8 Å². The average molecular weight is 278 g/mol. The molecule has 0 saturated carbocycles. The largest absolute Gasteiger partial charge is 0.496 e. The zero-order valence-electron chi connectivity index (χ0n) is 13.6. The van der Waals surface area contributed by atoms with Crippen LogP contribution in [0.5, 0.6) is 5.75 Å². The Hall–Kier alpha value is -1.22. The summed E-state index contributed by atoms with van der Waals surface area (Å²) in [5, 5.41) is 0. The van der Waals surface area contributed by atoms with Crippen LogP contribution in [-0.4, -0.2) is 19.7 Å². The first-order chi connectivity index (χ1) is 9.52. The molecule has 0 fully saturated rings. The topological polar surface area (TPSA) is 38.5 Å². The summed E-state index contributed by atoms with van der Waals surface area (Å²) in [5.41, 5.74) is 8.50. The minimum absolute atomic E-state index is 0.0337. The Morgan fingerprint density at radius 2 is 1.90 bits per heavy atom. The molecular formula is C17H30N2O. The summed E-state index contributed by atoms with van der Waals surface area (Å²) in [6.07, 6.45) is 3.72. The molecule has 20 heavy (non-hydrogen) atoms. The van der Waals surface area contributed by atoms with E-state index in [0.29, 0.717) is 6.04 Å². The first-order valence-corrected chi connectivity index (χ1v) is 7.72. The fraction of sp³-hybridized carbons (Fsp3) is 0.647. The van der Waals surface area contributed by atoms with Gasteiger partial charge in [-0.1, -0.05) is 25.8 Å². The molecule has 2 N–H and O–H groups in total. The van der Waals surface area contributed by atoms with Crippen molar-refractivity contribution in [1.29, 1.82) is 0 Å². The number of ether oxygens (including phenoxy) is 1. The molecular weight excluding hydrogens is 248 g/mol. The highest BCUT2D eigenvalue weighted by atomic mass is 16.5. The minimum atomic E-state index is -0.0337. The van der Waals surface area contributed by atoms with Crippen molar-refractivity contribution in [2.75, 3.05) is 18.6 Å². The van der Waals surface area contributed by atoms with Crippen LogP contribution in [0.15, 0.2) is 18.2 Å². The van der Waals surface area contributed by atoms with E-state index in [1.807, 2.05) is 13.0 Å². The number of hydrogen-bond acceptors (Lipinski definition) is 3. The molecule has 0 spiro atoms. The van der Waals surface area contributed by atoms with E-state index in [1.54, 1.807) is 7.11 Å². The highest BCUT2D eigenvalue weighted by Gasteiger charge is 2.19. The molecule has 1 atom stereocenters. The number of hydrogen-bond donors (Lipinski definition) is 1. The van der Waals surface area contributed by atoms with E-state index in [9.17, 15) is 0 Å². The van der Waals surface area contributed by atoms with E-state index in [1.165, 1.54) is 24.9 Å². The number of rotatable bonds is 8. The smallest absolute Gasteiger partial charge is 0.125 e. The first-order valence-electron chi connectivity index (χ1n) is 7.72. The summed E-state index contributed by atoms with van der Waals surface area (Å²) >= 11 is 0. The number of methoxy groups -OCH3 is 1. The first kappa shape index (κ1) is 16.8. The van der Waals surface area contributed by atoms with Crippen LogP contribution in [0.4, 0.5) is 5.69 Å². The van der Waals surface area contributed by atoms with E-state index in [4.69, 9.17) is 10.5 Å². The van der Waals surface area contributed by atoms with Crippen LogP contribution in [0.25, 0.3) is 0 Å². The predicted octanol–water partition coefficient (Wildman–Crippen LogP) is 4.12. The number of nitrogens with two attached hydrogens (primary N) is 1. The van der Waals surface area contributed by atoms with E-state index in [-0.39, 0.29) is 6.04 Å².